The highest BCUT2D eigenvalue weighted by atomic mass is 79.9. The molecule has 3 heterocycles. The van der Waals surface area contributed by atoms with Crippen molar-refractivity contribution in [1.29, 1.82) is 0 Å². The lowest BCUT2D eigenvalue weighted by atomic mass is 9.71. The van der Waals surface area contributed by atoms with Gasteiger partial charge in [0.25, 0.3) is 5.91 Å². The van der Waals surface area contributed by atoms with Gasteiger partial charge in [-0.1, -0.05) is 53.9 Å². The number of aliphatic carboxylic acids is 1. The number of nitrogens with zero attached hydrogens (tertiary/aromatic N) is 2. The molecule has 10 heteroatoms. The van der Waals surface area contributed by atoms with Crippen LogP contribution in [0.4, 0.5) is 5.69 Å². The average Bonchev–Trinajstić information content (AvgIpc) is 3.42. The minimum Gasteiger partial charge on any atom is -0.481 e. The number of carbonyl (C=O) groups is 3. The Labute approximate surface area is 223 Å². The molecule has 7 nitrogen and oxygen atoms in total. The normalized spacial score (nSPS) is 32.9. The van der Waals surface area contributed by atoms with E-state index in [4.69, 9.17) is 11.6 Å². The van der Waals surface area contributed by atoms with Gasteiger partial charge >= 0.3 is 5.97 Å². The van der Waals surface area contributed by atoms with E-state index in [9.17, 15) is 24.6 Å². The first-order valence-electron chi connectivity index (χ1n) is 11.8. The van der Waals surface area contributed by atoms with E-state index >= 15 is 0 Å². The second-order valence-electron chi connectivity index (χ2n) is 9.60. The van der Waals surface area contributed by atoms with Gasteiger partial charge in [-0.2, -0.15) is 0 Å². The number of carboxylic acid groups (broad SMARTS) is 1. The van der Waals surface area contributed by atoms with Gasteiger partial charge in [-0.25, -0.2) is 0 Å². The Kier molecular flexibility index (Phi) is 7.63. The molecule has 1 spiro atoms. The molecular formula is C25H30BrClN2O5S. The average molecular weight is 586 g/mol. The standard InChI is InChI=1S/C25H30BrClN2O5S/c1-4-10-28(15-8-6-14(27)7-9-15)23(32)21-25-11-16(26)20(35-25)18(24(33)34)19(25)22(31)29(21)17(12-30)13(3)5-2/h4,6-9,13,16-21,30H,1,5,10-12H2,2-3H3,(H,33,34)/t13-,16?,17-,18-,19-,20-,21?,25?/m0/s1. The van der Waals surface area contributed by atoms with Crippen molar-refractivity contribution in [3.05, 3.63) is 41.9 Å². The number of aliphatic hydroxyl groups is 1. The van der Waals surface area contributed by atoms with Gasteiger partial charge < -0.3 is 20.0 Å². The summed E-state index contributed by atoms with van der Waals surface area (Å²) in [4.78, 5) is 43.7. The highest BCUT2D eigenvalue weighted by molar-refractivity contribution is 9.09. The second-order valence-corrected chi connectivity index (χ2v) is 12.7. The fourth-order valence-corrected chi connectivity index (χ4v) is 9.73. The van der Waals surface area contributed by atoms with Gasteiger partial charge in [-0.3, -0.25) is 14.4 Å². The van der Waals surface area contributed by atoms with Crippen molar-refractivity contribution in [2.24, 2.45) is 17.8 Å². The lowest BCUT2D eigenvalue weighted by molar-refractivity contribution is -0.149. The minimum absolute atomic E-state index is 0.0805. The Morgan fingerprint density at radius 3 is 2.60 bits per heavy atom. The lowest BCUT2D eigenvalue weighted by Crippen LogP contribution is -2.59. The van der Waals surface area contributed by atoms with Crippen LogP contribution in [0.25, 0.3) is 0 Å². The van der Waals surface area contributed by atoms with Gasteiger partial charge in [0.1, 0.15) is 6.04 Å². The molecular weight excluding hydrogens is 556 g/mol. The number of likely N-dealkylation sites (tertiary alicyclic amines) is 1. The topological polar surface area (TPSA) is 98.2 Å². The highest BCUT2D eigenvalue weighted by Gasteiger charge is 2.76. The van der Waals surface area contributed by atoms with Crippen LogP contribution in [-0.2, 0) is 14.4 Å². The van der Waals surface area contributed by atoms with E-state index in [0.717, 1.165) is 0 Å². The molecule has 0 radical (unpaired) electrons. The number of benzene rings is 1. The van der Waals surface area contributed by atoms with E-state index in [0.29, 0.717) is 23.6 Å². The summed E-state index contributed by atoms with van der Waals surface area (Å²) in [6.07, 6.45) is 2.81. The van der Waals surface area contributed by atoms with Crippen LogP contribution in [0.5, 0.6) is 0 Å². The number of rotatable bonds is 9. The van der Waals surface area contributed by atoms with Crippen molar-refractivity contribution in [2.45, 2.75) is 53.6 Å². The minimum atomic E-state index is -1.02. The number of carbonyl (C=O) groups excluding carboxylic acids is 2. The van der Waals surface area contributed by atoms with Gasteiger partial charge in [-0.05, 0) is 36.6 Å². The van der Waals surface area contributed by atoms with E-state index in [1.807, 2.05) is 13.8 Å². The van der Waals surface area contributed by atoms with Crippen LogP contribution in [0.1, 0.15) is 26.7 Å². The number of aliphatic hydroxyl groups excluding tert-OH is 1. The zero-order chi connectivity index (χ0) is 25.7. The van der Waals surface area contributed by atoms with Gasteiger partial charge in [-0.15, -0.1) is 18.3 Å². The predicted octanol–water partition coefficient (Wildman–Crippen LogP) is 3.82. The molecule has 190 valence electrons. The molecule has 3 saturated heterocycles. The Balaban J connectivity index is 1.86. The molecule has 1 aromatic rings. The second kappa shape index (κ2) is 10.1. The number of fused-ring (bicyclic) bond motifs is 1. The monoisotopic (exact) mass is 584 g/mol. The van der Waals surface area contributed by atoms with Crippen LogP contribution in [0.2, 0.25) is 5.02 Å². The molecule has 2 amide bonds. The van der Waals surface area contributed by atoms with Crippen LogP contribution in [-0.4, -0.2) is 73.0 Å². The zero-order valence-corrected chi connectivity index (χ0v) is 22.8. The van der Waals surface area contributed by atoms with E-state index in [1.165, 1.54) is 16.7 Å². The summed E-state index contributed by atoms with van der Waals surface area (Å²) in [6.45, 7) is 7.62. The van der Waals surface area contributed by atoms with Gasteiger partial charge in [0, 0.05) is 27.3 Å². The number of thioether (sulfide) groups is 1. The van der Waals surface area contributed by atoms with E-state index in [1.54, 1.807) is 35.2 Å². The molecule has 3 aliphatic heterocycles. The summed E-state index contributed by atoms with van der Waals surface area (Å²) >= 11 is 11.2. The molecule has 8 atom stereocenters. The SMILES string of the molecule is C=CCN(C(=O)C1N([C@@H](CO)[C@@H](C)CC)C(=O)[C@@H]2[C@H](C(=O)O)[C@H]3SC12CC3Br)c1ccc(Cl)cc1. The summed E-state index contributed by atoms with van der Waals surface area (Å²) in [7, 11) is 0. The van der Waals surface area contributed by atoms with Crippen LogP contribution >= 0.6 is 39.3 Å². The Hall–Kier alpha value is -1.55. The number of hydrogen-bond donors (Lipinski definition) is 2. The van der Waals surface area contributed by atoms with Gasteiger partial charge in [0.15, 0.2) is 0 Å². The Morgan fingerprint density at radius 1 is 1.40 bits per heavy atom. The Morgan fingerprint density at radius 2 is 2.06 bits per heavy atom. The lowest BCUT2D eigenvalue weighted by Gasteiger charge is -2.41. The van der Waals surface area contributed by atoms with E-state index < -0.39 is 34.6 Å². The first-order chi connectivity index (χ1) is 16.6. The molecule has 3 aliphatic rings. The number of alkyl halides is 1. The molecule has 35 heavy (non-hydrogen) atoms. The van der Waals surface area contributed by atoms with Crippen molar-refractivity contribution < 1.29 is 24.6 Å². The maximum absolute atomic E-state index is 14.4. The predicted molar refractivity (Wildman–Crippen MR) is 141 cm³/mol. The van der Waals surface area contributed by atoms with Gasteiger partial charge in [0.2, 0.25) is 5.91 Å². The smallest absolute Gasteiger partial charge is 0.308 e. The zero-order valence-electron chi connectivity index (χ0n) is 19.6. The third-order valence-corrected chi connectivity index (χ3v) is 11.3. The summed E-state index contributed by atoms with van der Waals surface area (Å²) in [5.74, 6) is -3.48. The third-order valence-electron chi connectivity index (χ3n) is 7.81. The quantitative estimate of drug-likeness (QED) is 0.338. The van der Waals surface area contributed by atoms with E-state index in [2.05, 4.69) is 22.5 Å². The number of amides is 2. The van der Waals surface area contributed by atoms with Crippen molar-refractivity contribution >= 4 is 62.8 Å². The molecule has 3 unspecified atom stereocenters. The highest BCUT2D eigenvalue weighted by Crippen LogP contribution is 2.68. The molecule has 2 N–H and O–H groups in total. The third kappa shape index (κ3) is 4.12. The van der Waals surface area contributed by atoms with Crippen LogP contribution in [0.15, 0.2) is 36.9 Å². The molecule has 3 fully saturated rings. The number of hydrogen-bond acceptors (Lipinski definition) is 5. The molecule has 0 aliphatic carbocycles. The van der Waals surface area contributed by atoms with Crippen LogP contribution in [0.3, 0.4) is 0 Å². The van der Waals surface area contributed by atoms with E-state index in [-0.39, 0.29) is 41.0 Å². The number of anilines is 1. The first-order valence-corrected chi connectivity index (χ1v) is 14.0. The molecule has 1 aromatic carbocycles. The first kappa shape index (κ1) is 26.5. The number of carboxylic acids is 1. The molecule has 0 aromatic heterocycles. The largest absolute Gasteiger partial charge is 0.481 e. The fourth-order valence-electron chi connectivity index (χ4n) is 6.02. The maximum Gasteiger partial charge on any atom is 0.308 e. The van der Waals surface area contributed by atoms with Gasteiger partial charge in [0.05, 0.1) is 29.2 Å². The molecule has 4 rings (SSSR count). The van der Waals surface area contributed by atoms with Crippen molar-refractivity contribution in [2.75, 3.05) is 18.1 Å². The molecule has 2 bridgehead atoms. The number of halogens is 2. The van der Waals surface area contributed by atoms with Crippen LogP contribution < -0.4 is 4.90 Å². The maximum atomic E-state index is 14.4. The molecule has 0 saturated carbocycles. The van der Waals surface area contributed by atoms with Crippen LogP contribution in [0, 0.1) is 17.8 Å². The van der Waals surface area contributed by atoms with Crippen molar-refractivity contribution in [1.82, 2.24) is 4.90 Å². The Bertz CT molecular complexity index is 1030. The summed E-state index contributed by atoms with van der Waals surface area (Å²) < 4.78 is -0.900. The van der Waals surface area contributed by atoms with Crippen molar-refractivity contribution in [3.8, 4) is 0 Å². The fraction of sp³-hybridized carbons (Fsp3) is 0.560. The summed E-state index contributed by atoms with van der Waals surface area (Å²) in [5, 5.41) is 20.7. The summed E-state index contributed by atoms with van der Waals surface area (Å²) in [6, 6.07) is 5.36. The summed E-state index contributed by atoms with van der Waals surface area (Å²) in [5.41, 5.74) is 0.610. The van der Waals surface area contributed by atoms with Crippen molar-refractivity contribution in [3.63, 3.8) is 0 Å².